The summed E-state index contributed by atoms with van der Waals surface area (Å²) in [5.74, 6) is -0.569. The number of halogens is 3. The minimum absolute atomic E-state index is 0.0718. The molecular weight excluding hydrogens is 385 g/mol. The van der Waals surface area contributed by atoms with Crippen molar-refractivity contribution in [3.8, 4) is 5.75 Å². The second-order valence-electron chi connectivity index (χ2n) is 6.48. The molecule has 0 saturated heterocycles. The highest BCUT2D eigenvalue weighted by molar-refractivity contribution is 6.12. The maximum atomic E-state index is 13.1. The lowest BCUT2D eigenvalue weighted by Gasteiger charge is -2.16. The number of nitrogens with zero attached hydrogens (tertiary/aromatic N) is 1. The lowest BCUT2D eigenvalue weighted by molar-refractivity contribution is -0.137. The minimum atomic E-state index is -4.57. The molecule has 29 heavy (non-hydrogen) atoms. The lowest BCUT2D eigenvalue weighted by atomic mass is 10.1. The zero-order valence-electron chi connectivity index (χ0n) is 15.8. The number of hydrogen-bond donors (Lipinski definition) is 1. The summed E-state index contributed by atoms with van der Waals surface area (Å²) in [6.07, 6.45) is -3.92. The molecule has 1 heterocycles. The second-order valence-corrected chi connectivity index (χ2v) is 6.48. The van der Waals surface area contributed by atoms with Gasteiger partial charge in [-0.3, -0.25) is 9.59 Å². The zero-order valence-corrected chi connectivity index (χ0v) is 15.8. The van der Waals surface area contributed by atoms with E-state index in [4.69, 9.17) is 4.74 Å². The molecule has 2 aromatic carbocycles. The highest BCUT2D eigenvalue weighted by atomic mass is 19.4. The summed E-state index contributed by atoms with van der Waals surface area (Å²) in [7, 11) is 1.58. The molecule has 0 atom stereocenters. The Morgan fingerprint density at radius 2 is 1.86 bits per heavy atom. The van der Waals surface area contributed by atoms with E-state index in [1.807, 2.05) is 6.92 Å². The van der Waals surface area contributed by atoms with Gasteiger partial charge in [0.2, 0.25) is 0 Å². The number of nitrogens with one attached hydrogen (secondary N) is 1. The molecule has 8 heteroatoms. The highest BCUT2D eigenvalue weighted by Crippen LogP contribution is 2.35. The molecule has 0 radical (unpaired) electrons. The van der Waals surface area contributed by atoms with E-state index >= 15 is 0 Å². The van der Waals surface area contributed by atoms with Crippen LogP contribution in [0.5, 0.6) is 5.75 Å². The second kappa shape index (κ2) is 7.98. The summed E-state index contributed by atoms with van der Waals surface area (Å²) < 4.78 is 46.2. The molecule has 0 aliphatic heterocycles. The van der Waals surface area contributed by atoms with Crippen molar-refractivity contribution in [1.29, 1.82) is 0 Å². The number of aromatic nitrogens is 1. The third-order valence-corrected chi connectivity index (χ3v) is 4.42. The van der Waals surface area contributed by atoms with Crippen molar-refractivity contribution in [2.75, 3.05) is 11.9 Å². The summed E-state index contributed by atoms with van der Waals surface area (Å²) >= 11 is 0. The fourth-order valence-electron chi connectivity index (χ4n) is 2.93. The van der Waals surface area contributed by atoms with Crippen LogP contribution in [-0.4, -0.2) is 17.1 Å². The van der Waals surface area contributed by atoms with Gasteiger partial charge in [-0.25, -0.2) is 0 Å². The molecule has 0 aliphatic rings. The van der Waals surface area contributed by atoms with Gasteiger partial charge in [0.1, 0.15) is 5.75 Å². The van der Waals surface area contributed by atoms with Crippen LogP contribution in [0.25, 0.3) is 10.9 Å². The molecule has 0 unspecified atom stereocenters. The van der Waals surface area contributed by atoms with Gasteiger partial charge in [0, 0.05) is 18.5 Å². The number of para-hydroxylation sites is 1. The van der Waals surface area contributed by atoms with Crippen LogP contribution in [0.3, 0.4) is 0 Å². The zero-order chi connectivity index (χ0) is 21.2. The number of rotatable bonds is 5. The monoisotopic (exact) mass is 404 g/mol. The smallest absolute Gasteiger partial charge is 0.416 e. The Bertz CT molecular complexity index is 1120. The summed E-state index contributed by atoms with van der Waals surface area (Å²) in [5, 5.41) is 2.98. The summed E-state index contributed by atoms with van der Waals surface area (Å²) in [4.78, 5) is 25.1. The Kier molecular flexibility index (Phi) is 5.63. The van der Waals surface area contributed by atoms with Crippen molar-refractivity contribution in [3.63, 3.8) is 0 Å². The molecule has 0 bridgehead atoms. The molecule has 3 aromatic rings. The molecule has 1 aromatic heterocycles. The van der Waals surface area contributed by atoms with Crippen LogP contribution in [0.1, 0.15) is 29.3 Å². The van der Waals surface area contributed by atoms with E-state index in [0.717, 1.165) is 18.2 Å². The van der Waals surface area contributed by atoms with Gasteiger partial charge in [0.25, 0.3) is 11.5 Å². The molecule has 0 spiro atoms. The first-order valence-corrected chi connectivity index (χ1v) is 8.96. The van der Waals surface area contributed by atoms with Crippen molar-refractivity contribution in [1.82, 2.24) is 4.57 Å². The van der Waals surface area contributed by atoms with E-state index < -0.39 is 23.2 Å². The van der Waals surface area contributed by atoms with E-state index in [1.165, 1.54) is 10.6 Å². The number of fused-ring (bicyclic) bond motifs is 1. The maximum Gasteiger partial charge on any atom is 0.416 e. The number of carbonyl (C=O) groups is 1. The van der Waals surface area contributed by atoms with Gasteiger partial charge in [0.05, 0.1) is 28.9 Å². The Hall–Kier alpha value is -3.29. The van der Waals surface area contributed by atoms with Gasteiger partial charge in [-0.2, -0.15) is 13.2 Å². The van der Waals surface area contributed by atoms with Crippen molar-refractivity contribution >= 4 is 22.5 Å². The highest BCUT2D eigenvalue weighted by Gasteiger charge is 2.31. The largest absolute Gasteiger partial charge is 0.491 e. The molecule has 0 fully saturated rings. The van der Waals surface area contributed by atoms with Crippen molar-refractivity contribution in [2.24, 2.45) is 7.05 Å². The molecule has 1 N–H and O–H groups in total. The van der Waals surface area contributed by atoms with Crippen molar-refractivity contribution in [3.05, 3.63) is 70.0 Å². The van der Waals surface area contributed by atoms with Gasteiger partial charge >= 0.3 is 6.18 Å². The predicted octanol–water partition coefficient (Wildman–Crippen LogP) is 4.60. The Balaban J connectivity index is 2.06. The number of hydrogen-bond acceptors (Lipinski definition) is 3. The van der Waals surface area contributed by atoms with E-state index in [-0.39, 0.29) is 23.6 Å². The number of pyridine rings is 1. The molecule has 5 nitrogen and oxygen atoms in total. The third kappa shape index (κ3) is 4.26. The van der Waals surface area contributed by atoms with E-state index in [0.29, 0.717) is 17.3 Å². The lowest BCUT2D eigenvalue weighted by Crippen LogP contribution is -2.22. The normalized spacial score (nSPS) is 11.5. The number of amides is 1. The molecular formula is C21H19F3N2O3. The van der Waals surface area contributed by atoms with Crippen LogP contribution in [0.15, 0.2) is 53.3 Å². The third-order valence-electron chi connectivity index (χ3n) is 4.42. The van der Waals surface area contributed by atoms with Crippen LogP contribution in [0.2, 0.25) is 0 Å². The number of ether oxygens (including phenoxy) is 1. The summed E-state index contributed by atoms with van der Waals surface area (Å²) in [6.45, 7) is 2.14. The van der Waals surface area contributed by atoms with Gasteiger partial charge in [-0.15, -0.1) is 0 Å². The Morgan fingerprint density at radius 1 is 1.14 bits per heavy atom. The Morgan fingerprint density at radius 3 is 2.55 bits per heavy atom. The molecule has 0 saturated carbocycles. The topological polar surface area (TPSA) is 60.3 Å². The van der Waals surface area contributed by atoms with Gasteiger partial charge in [0.15, 0.2) is 0 Å². The Labute approximate surface area is 164 Å². The summed E-state index contributed by atoms with van der Waals surface area (Å²) in [5.41, 5.74) is -0.812. The first kappa shape index (κ1) is 20.4. The number of carbonyl (C=O) groups excluding carboxylic acids is 1. The number of alkyl halides is 3. The summed E-state index contributed by atoms with van der Waals surface area (Å²) in [6, 6.07) is 10.9. The SMILES string of the molecule is CCCOc1ccc(C(F)(F)F)cc1NC(=O)c1cc(=O)n(C)c2ccccc12. The average molecular weight is 404 g/mol. The first-order chi connectivity index (χ1) is 13.7. The average Bonchev–Trinajstić information content (AvgIpc) is 2.69. The van der Waals surface area contributed by atoms with Crippen LogP contribution >= 0.6 is 0 Å². The molecule has 0 aliphatic carbocycles. The molecule has 152 valence electrons. The molecule has 3 rings (SSSR count). The van der Waals surface area contributed by atoms with Crippen LogP contribution in [0.4, 0.5) is 18.9 Å². The van der Waals surface area contributed by atoms with E-state index in [9.17, 15) is 22.8 Å². The fraction of sp³-hybridized carbons (Fsp3) is 0.238. The standard InChI is InChI=1S/C21H19F3N2O3/c1-3-10-29-18-9-8-13(21(22,23)24)11-16(18)25-20(28)15-12-19(27)26(2)17-7-5-4-6-14(15)17/h4-9,11-12H,3,10H2,1-2H3,(H,25,28). The van der Waals surface area contributed by atoms with Gasteiger partial charge in [-0.05, 0) is 30.7 Å². The maximum absolute atomic E-state index is 13.1. The number of anilines is 1. The van der Waals surface area contributed by atoms with Gasteiger partial charge in [-0.1, -0.05) is 25.1 Å². The minimum Gasteiger partial charge on any atom is -0.491 e. The van der Waals surface area contributed by atoms with Crippen molar-refractivity contribution in [2.45, 2.75) is 19.5 Å². The predicted molar refractivity (Wildman–Crippen MR) is 104 cm³/mol. The van der Waals surface area contributed by atoms with Crippen molar-refractivity contribution < 1.29 is 22.7 Å². The van der Waals surface area contributed by atoms with Crippen LogP contribution < -0.4 is 15.6 Å². The quantitative estimate of drug-likeness (QED) is 0.676. The van der Waals surface area contributed by atoms with Crippen LogP contribution in [-0.2, 0) is 13.2 Å². The van der Waals surface area contributed by atoms with Crippen LogP contribution in [0, 0.1) is 0 Å². The first-order valence-electron chi connectivity index (χ1n) is 8.96. The fourth-order valence-corrected chi connectivity index (χ4v) is 2.93. The number of benzene rings is 2. The van der Waals surface area contributed by atoms with E-state index in [2.05, 4.69) is 5.32 Å². The molecule has 1 amide bonds. The van der Waals surface area contributed by atoms with Gasteiger partial charge < -0.3 is 14.6 Å². The van der Waals surface area contributed by atoms with E-state index in [1.54, 1.807) is 31.3 Å². The number of aryl methyl sites for hydroxylation is 1.